The molecule has 0 saturated heterocycles. The van der Waals surface area contributed by atoms with Crippen LogP contribution in [-0.4, -0.2) is 19.6 Å². The molecule has 2 aromatic heterocycles. The Balaban J connectivity index is 2.08. The van der Waals surface area contributed by atoms with Crippen LogP contribution in [0, 0.1) is 5.82 Å². The number of hydrogen-bond donors (Lipinski definition) is 1. The van der Waals surface area contributed by atoms with Crippen molar-refractivity contribution in [1.82, 2.24) is 14.5 Å². The summed E-state index contributed by atoms with van der Waals surface area (Å²) in [6, 6.07) is 11.1. The number of imidazole rings is 1. The van der Waals surface area contributed by atoms with Gasteiger partial charge in [-0.05, 0) is 29.8 Å². The average molecular weight is 283 g/mol. The lowest BCUT2D eigenvalue weighted by Gasteiger charge is -2.28. The second-order valence-corrected chi connectivity index (χ2v) is 4.82. The highest BCUT2D eigenvalue weighted by Gasteiger charge is 2.33. The first-order chi connectivity index (χ1) is 10.2. The molecule has 0 spiro atoms. The molecule has 2 heterocycles. The van der Waals surface area contributed by atoms with Gasteiger partial charge in [-0.1, -0.05) is 18.2 Å². The molecule has 3 rings (SSSR count). The molecule has 0 aliphatic rings. The molecule has 1 aromatic carbocycles. The van der Waals surface area contributed by atoms with Gasteiger partial charge in [0.05, 0.1) is 18.6 Å². The van der Waals surface area contributed by atoms with Crippen molar-refractivity contribution in [2.75, 3.05) is 0 Å². The summed E-state index contributed by atoms with van der Waals surface area (Å²) >= 11 is 0. The Morgan fingerprint density at radius 1 is 1.10 bits per heavy atom. The van der Waals surface area contributed by atoms with Crippen molar-refractivity contribution < 1.29 is 9.50 Å². The second kappa shape index (κ2) is 5.46. The van der Waals surface area contributed by atoms with Crippen molar-refractivity contribution >= 4 is 0 Å². The third-order valence-corrected chi connectivity index (χ3v) is 3.38. The molecule has 0 radical (unpaired) electrons. The molecule has 4 nitrogen and oxygen atoms in total. The number of aromatic nitrogens is 3. The number of halogens is 1. The van der Waals surface area contributed by atoms with E-state index in [1.54, 1.807) is 53.8 Å². The van der Waals surface area contributed by atoms with Crippen LogP contribution in [0.1, 0.15) is 11.3 Å². The van der Waals surface area contributed by atoms with Gasteiger partial charge in [0.2, 0.25) is 0 Å². The monoisotopic (exact) mass is 283 g/mol. The van der Waals surface area contributed by atoms with E-state index in [0.29, 0.717) is 11.3 Å². The lowest BCUT2D eigenvalue weighted by molar-refractivity contribution is 0.0567. The summed E-state index contributed by atoms with van der Waals surface area (Å²) in [4.78, 5) is 8.23. The largest absolute Gasteiger partial charge is 0.377 e. The van der Waals surface area contributed by atoms with Crippen molar-refractivity contribution in [3.05, 3.63) is 84.5 Å². The van der Waals surface area contributed by atoms with Gasteiger partial charge in [0.15, 0.2) is 0 Å². The smallest absolute Gasteiger partial charge is 0.149 e. The lowest BCUT2D eigenvalue weighted by Crippen LogP contribution is -2.33. The summed E-state index contributed by atoms with van der Waals surface area (Å²) in [5.41, 5.74) is -0.267. The number of benzene rings is 1. The van der Waals surface area contributed by atoms with Crippen LogP contribution in [0.3, 0.4) is 0 Å². The molecule has 0 aliphatic heterocycles. The maximum absolute atomic E-state index is 13.1. The zero-order valence-corrected chi connectivity index (χ0v) is 11.2. The van der Waals surface area contributed by atoms with Crippen LogP contribution in [0.15, 0.2) is 67.4 Å². The highest BCUT2D eigenvalue weighted by Crippen LogP contribution is 2.30. The molecule has 3 aromatic rings. The summed E-state index contributed by atoms with van der Waals surface area (Å²) in [6.45, 7) is 0.246. The summed E-state index contributed by atoms with van der Waals surface area (Å²) in [5.74, 6) is -0.343. The predicted octanol–water partition coefficient (Wildman–Crippen LogP) is 2.35. The van der Waals surface area contributed by atoms with E-state index in [1.807, 2.05) is 6.07 Å². The molecule has 106 valence electrons. The van der Waals surface area contributed by atoms with Crippen molar-refractivity contribution in [2.45, 2.75) is 12.1 Å². The first-order valence-electron chi connectivity index (χ1n) is 6.54. The van der Waals surface area contributed by atoms with Gasteiger partial charge < -0.3 is 9.67 Å². The fourth-order valence-electron chi connectivity index (χ4n) is 2.30. The maximum atomic E-state index is 13.1. The van der Waals surface area contributed by atoms with Crippen LogP contribution in [0.5, 0.6) is 0 Å². The fraction of sp³-hybridized carbons (Fsp3) is 0.125. The summed E-state index contributed by atoms with van der Waals surface area (Å²) in [6.07, 6.45) is 6.65. The van der Waals surface area contributed by atoms with Crippen molar-refractivity contribution in [1.29, 1.82) is 0 Å². The van der Waals surface area contributed by atoms with Gasteiger partial charge >= 0.3 is 0 Å². The van der Waals surface area contributed by atoms with E-state index in [2.05, 4.69) is 9.97 Å². The molecule has 0 fully saturated rings. The Morgan fingerprint density at radius 3 is 2.52 bits per heavy atom. The number of rotatable bonds is 4. The minimum Gasteiger partial charge on any atom is -0.377 e. The predicted molar refractivity (Wildman–Crippen MR) is 75.9 cm³/mol. The van der Waals surface area contributed by atoms with E-state index >= 15 is 0 Å². The van der Waals surface area contributed by atoms with Gasteiger partial charge in [0.25, 0.3) is 0 Å². The van der Waals surface area contributed by atoms with Crippen LogP contribution < -0.4 is 0 Å². The fourth-order valence-corrected chi connectivity index (χ4v) is 2.30. The molecule has 21 heavy (non-hydrogen) atoms. The number of hydrogen-bond acceptors (Lipinski definition) is 3. The molecule has 0 unspecified atom stereocenters. The van der Waals surface area contributed by atoms with Crippen LogP contribution in [-0.2, 0) is 12.1 Å². The van der Waals surface area contributed by atoms with Crippen molar-refractivity contribution in [2.24, 2.45) is 0 Å². The SMILES string of the molecule is O[C@@](Cn1ccnc1)(c1ccc(F)cc1)c1ccccn1. The van der Waals surface area contributed by atoms with Crippen LogP contribution in [0.25, 0.3) is 0 Å². The van der Waals surface area contributed by atoms with E-state index in [1.165, 1.54) is 12.1 Å². The Bertz CT molecular complexity index is 698. The zero-order valence-electron chi connectivity index (χ0n) is 11.2. The normalized spacial score (nSPS) is 13.8. The van der Waals surface area contributed by atoms with Crippen LogP contribution >= 0.6 is 0 Å². The molecular weight excluding hydrogens is 269 g/mol. The van der Waals surface area contributed by atoms with Crippen molar-refractivity contribution in [3.63, 3.8) is 0 Å². The molecule has 1 atom stereocenters. The maximum Gasteiger partial charge on any atom is 0.149 e. The molecule has 0 bridgehead atoms. The van der Waals surface area contributed by atoms with Gasteiger partial charge in [0.1, 0.15) is 11.4 Å². The highest BCUT2D eigenvalue weighted by molar-refractivity contribution is 5.32. The summed E-state index contributed by atoms with van der Waals surface area (Å²) < 4.78 is 14.9. The second-order valence-electron chi connectivity index (χ2n) is 4.82. The first kappa shape index (κ1) is 13.5. The molecule has 0 aliphatic carbocycles. The van der Waals surface area contributed by atoms with E-state index in [-0.39, 0.29) is 12.4 Å². The summed E-state index contributed by atoms with van der Waals surface area (Å²) in [5, 5.41) is 11.2. The van der Waals surface area contributed by atoms with Gasteiger partial charge in [-0.3, -0.25) is 4.98 Å². The van der Waals surface area contributed by atoms with Gasteiger partial charge in [-0.25, -0.2) is 9.37 Å². The van der Waals surface area contributed by atoms with Crippen molar-refractivity contribution in [3.8, 4) is 0 Å². The van der Waals surface area contributed by atoms with E-state index in [0.717, 1.165) is 0 Å². The van der Waals surface area contributed by atoms with Crippen LogP contribution in [0.4, 0.5) is 4.39 Å². The van der Waals surface area contributed by atoms with E-state index in [9.17, 15) is 9.50 Å². The van der Waals surface area contributed by atoms with Gasteiger partial charge in [0, 0.05) is 18.6 Å². The Labute approximate surface area is 121 Å². The summed E-state index contributed by atoms with van der Waals surface area (Å²) in [7, 11) is 0. The Hall–Kier alpha value is -2.53. The third-order valence-electron chi connectivity index (χ3n) is 3.38. The number of pyridine rings is 1. The Morgan fingerprint density at radius 2 is 1.90 bits per heavy atom. The molecule has 0 saturated carbocycles. The first-order valence-corrected chi connectivity index (χ1v) is 6.54. The topological polar surface area (TPSA) is 50.9 Å². The Kier molecular flexibility index (Phi) is 3.50. The van der Waals surface area contributed by atoms with E-state index < -0.39 is 5.60 Å². The lowest BCUT2D eigenvalue weighted by atomic mass is 9.89. The average Bonchev–Trinajstić information content (AvgIpc) is 3.01. The quantitative estimate of drug-likeness (QED) is 0.799. The molecular formula is C16H14FN3O. The number of aliphatic hydroxyl groups is 1. The molecule has 5 heteroatoms. The number of nitrogens with zero attached hydrogens (tertiary/aromatic N) is 3. The molecule has 1 N–H and O–H groups in total. The minimum absolute atomic E-state index is 0.246. The van der Waals surface area contributed by atoms with Gasteiger partial charge in [-0.2, -0.15) is 0 Å². The van der Waals surface area contributed by atoms with Gasteiger partial charge in [-0.15, -0.1) is 0 Å². The minimum atomic E-state index is -1.35. The highest BCUT2D eigenvalue weighted by atomic mass is 19.1. The zero-order chi connectivity index (χ0) is 14.7. The third kappa shape index (κ3) is 2.68. The standard InChI is InChI=1S/C16H14FN3O/c17-14-6-4-13(5-7-14)16(21,11-20-10-9-18-12-20)15-3-1-2-8-19-15/h1-10,12,21H,11H2/t16-/m0/s1. The van der Waals surface area contributed by atoms with E-state index in [4.69, 9.17) is 0 Å². The molecule has 0 amide bonds. The van der Waals surface area contributed by atoms with Crippen LogP contribution in [0.2, 0.25) is 0 Å².